The first-order valence-corrected chi connectivity index (χ1v) is 7.27. The lowest BCUT2D eigenvalue weighted by Gasteiger charge is -2.26. The monoisotopic (exact) mass is 270 g/mol. The Kier molecular flexibility index (Phi) is 3.85. The number of hydrogen-bond donors (Lipinski definition) is 2. The van der Waals surface area contributed by atoms with Gasteiger partial charge in [-0.2, -0.15) is 0 Å². The predicted octanol–water partition coefficient (Wildman–Crippen LogP) is 2.10. The quantitative estimate of drug-likeness (QED) is 0.897. The van der Waals surface area contributed by atoms with E-state index in [1.54, 1.807) is 0 Å². The second-order valence-electron chi connectivity index (χ2n) is 5.59. The molecule has 0 atom stereocenters. The molecule has 106 valence electrons. The van der Waals surface area contributed by atoms with Gasteiger partial charge in [0.1, 0.15) is 5.82 Å². The van der Waals surface area contributed by atoms with E-state index in [-0.39, 0.29) is 0 Å². The summed E-state index contributed by atoms with van der Waals surface area (Å²) in [6.45, 7) is 9.53. The molecule has 2 aromatic rings. The summed E-state index contributed by atoms with van der Waals surface area (Å²) in [4.78, 5) is 10.4. The van der Waals surface area contributed by atoms with Gasteiger partial charge >= 0.3 is 0 Å². The first kappa shape index (κ1) is 13.3. The molecular formula is C16H22N4. The number of nitrogens with one attached hydrogen (secondary N) is 2. The molecule has 2 N–H and O–H groups in total. The van der Waals surface area contributed by atoms with Gasteiger partial charge in [-0.1, -0.05) is 23.8 Å². The number of piperazine rings is 1. The number of H-pyrrole nitrogens is 1. The van der Waals surface area contributed by atoms with Crippen molar-refractivity contribution in [2.24, 2.45) is 0 Å². The smallest absolute Gasteiger partial charge is 0.120 e. The lowest BCUT2D eigenvalue weighted by Crippen LogP contribution is -2.43. The SMILES string of the molecule is Cc1ccc(-c2cnc(CN3CCNCC3)[nH]2)c(C)c1. The molecule has 1 aliphatic heterocycles. The number of imidazole rings is 1. The second-order valence-corrected chi connectivity index (χ2v) is 5.59. The fourth-order valence-electron chi connectivity index (χ4n) is 2.78. The van der Waals surface area contributed by atoms with Crippen LogP contribution in [0.25, 0.3) is 11.3 Å². The fourth-order valence-corrected chi connectivity index (χ4v) is 2.78. The average molecular weight is 270 g/mol. The number of rotatable bonds is 3. The number of aryl methyl sites for hydroxylation is 2. The Morgan fingerprint density at radius 3 is 2.75 bits per heavy atom. The number of nitrogens with zero attached hydrogens (tertiary/aromatic N) is 2. The molecule has 0 unspecified atom stereocenters. The third-order valence-electron chi connectivity index (χ3n) is 3.88. The number of hydrogen-bond acceptors (Lipinski definition) is 3. The number of benzene rings is 1. The summed E-state index contributed by atoms with van der Waals surface area (Å²) in [7, 11) is 0. The van der Waals surface area contributed by atoms with Crippen LogP contribution in [0.2, 0.25) is 0 Å². The van der Waals surface area contributed by atoms with Crippen LogP contribution < -0.4 is 5.32 Å². The van der Waals surface area contributed by atoms with E-state index in [1.807, 2.05) is 6.20 Å². The zero-order valence-electron chi connectivity index (χ0n) is 12.2. The maximum atomic E-state index is 4.53. The summed E-state index contributed by atoms with van der Waals surface area (Å²) in [5.41, 5.74) is 4.96. The standard InChI is InChI=1S/C16H22N4/c1-12-3-4-14(13(2)9-12)15-10-18-16(19-15)11-20-7-5-17-6-8-20/h3-4,9-10,17H,5-8,11H2,1-2H3,(H,18,19). The van der Waals surface area contributed by atoms with Crippen molar-refractivity contribution in [2.75, 3.05) is 26.2 Å². The van der Waals surface area contributed by atoms with Crippen molar-refractivity contribution in [3.63, 3.8) is 0 Å². The Labute approximate surface area is 120 Å². The number of aromatic amines is 1. The van der Waals surface area contributed by atoms with Crippen molar-refractivity contribution >= 4 is 0 Å². The van der Waals surface area contributed by atoms with Crippen molar-refractivity contribution < 1.29 is 0 Å². The minimum absolute atomic E-state index is 0.909. The molecule has 0 bridgehead atoms. The first-order chi connectivity index (χ1) is 9.72. The van der Waals surface area contributed by atoms with Crippen LogP contribution in [-0.2, 0) is 6.54 Å². The lowest BCUT2D eigenvalue weighted by molar-refractivity contribution is 0.228. The molecule has 4 heteroatoms. The van der Waals surface area contributed by atoms with Crippen molar-refractivity contribution in [3.8, 4) is 11.3 Å². The molecule has 1 aliphatic rings. The summed E-state index contributed by atoms with van der Waals surface area (Å²) in [6.07, 6.45) is 1.95. The maximum Gasteiger partial charge on any atom is 0.120 e. The minimum atomic E-state index is 0.909. The Morgan fingerprint density at radius 2 is 2.00 bits per heavy atom. The third kappa shape index (κ3) is 2.92. The van der Waals surface area contributed by atoms with E-state index in [9.17, 15) is 0 Å². The van der Waals surface area contributed by atoms with Gasteiger partial charge in [0.05, 0.1) is 18.4 Å². The summed E-state index contributed by atoms with van der Waals surface area (Å²) in [5, 5.41) is 3.37. The molecule has 1 aromatic carbocycles. The van der Waals surface area contributed by atoms with Gasteiger partial charge in [0.25, 0.3) is 0 Å². The number of aromatic nitrogens is 2. The van der Waals surface area contributed by atoms with Gasteiger partial charge in [0.2, 0.25) is 0 Å². The summed E-state index contributed by atoms with van der Waals surface area (Å²) >= 11 is 0. The first-order valence-electron chi connectivity index (χ1n) is 7.27. The van der Waals surface area contributed by atoms with E-state index in [0.717, 1.165) is 44.2 Å². The van der Waals surface area contributed by atoms with Crippen molar-refractivity contribution in [1.82, 2.24) is 20.2 Å². The molecular weight excluding hydrogens is 248 g/mol. The predicted molar refractivity (Wildman–Crippen MR) is 81.6 cm³/mol. The molecule has 1 saturated heterocycles. The van der Waals surface area contributed by atoms with Gasteiger partial charge < -0.3 is 10.3 Å². The van der Waals surface area contributed by atoms with Gasteiger partial charge in [-0.15, -0.1) is 0 Å². The normalized spacial score (nSPS) is 16.5. The van der Waals surface area contributed by atoms with Crippen LogP contribution in [0.4, 0.5) is 0 Å². The average Bonchev–Trinajstić information content (AvgIpc) is 2.88. The second kappa shape index (κ2) is 5.77. The zero-order chi connectivity index (χ0) is 13.9. The highest BCUT2D eigenvalue weighted by Gasteiger charge is 2.12. The van der Waals surface area contributed by atoms with Gasteiger partial charge in [-0.3, -0.25) is 4.90 Å². The molecule has 0 aliphatic carbocycles. The molecule has 0 saturated carbocycles. The highest BCUT2D eigenvalue weighted by atomic mass is 15.2. The molecule has 0 radical (unpaired) electrons. The highest BCUT2D eigenvalue weighted by Crippen LogP contribution is 2.22. The molecule has 1 aromatic heterocycles. The van der Waals surface area contributed by atoms with E-state index in [2.05, 4.69) is 52.2 Å². The zero-order valence-corrected chi connectivity index (χ0v) is 12.2. The van der Waals surface area contributed by atoms with E-state index >= 15 is 0 Å². The van der Waals surface area contributed by atoms with E-state index < -0.39 is 0 Å². The van der Waals surface area contributed by atoms with Crippen LogP contribution in [0.1, 0.15) is 17.0 Å². The fraction of sp³-hybridized carbons (Fsp3) is 0.438. The summed E-state index contributed by atoms with van der Waals surface area (Å²) < 4.78 is 0. The Morgan fingerprint density at radius 1 is 1.20 bits per heavy atom. The Hall–Kier alpha value is -1.65. The highest BCUT2D eigenvalue weighted by molar-refractivity contribution is 5.63. The van der Waals surface area contributed by atoms with Gasteiger partial charge in [0.15, 0.2) is 0 Å². The lowest BCUT2D eigenvalue weighted by atomic mass is 10.0. The molecule has 1 fully saturated rings. The van der Waals surface area contributed by atoms with Crippen molar-refractivity contribution in [3.05, 3.63) is 41.3 Å². The molecule has 4 nitrogen and oxygen atoms in total. The van der Waals surface area contributed by atoms with Crippen LogP contribution in [0, 0.1) is 13.8 Å². The molecule has 3 rings (SSSR count). The van der Waals surface area contributed by atoms with Crippen LogP contribution in [-0.4, -0.2) is 41.0 Å². The maximum absolute atomic E-state index is 4.53. The third-order valence-corrected chi connectivity index (χ3v) is 3.88. The van der Waals surface area contributed by atoms with Crippen LogP contribution in [0.15, 0.2) is 24.4 Å². The van der Waals surface area contributed by atoms with Gasteiger partial charge in [0, 0.05) is 31.7 Å². The van der Waals surface area contributed by atoms with Crippen molar-refractivity contribution in [1.29, 1.82) is 0 Å². The van der Waals surface area contributed by atoms with Crippen LogP contribution >= 0.6 is 0 Å². The van der Waals surface area contributed by atoms with E-state index in [1.165, 1.54) is 16.7 Å². The van der Waals surface area contributed by atoms with E-state index in [4.69, 9.17) is 0 Å². The molecule has 0 amide bonds. The van der Waals surface area contributed by atoms with Crippen LogP contribution in [0.5, 0.6) is 0 Å². The summed E-state index contributed by atoms with van der Waals surface area (Å²) in [6, 6.07) is 6.54. The molecule has 20 heavy (non-hydrogen) atoms. The molecule has 0 spiro atoms. The van der Waals surface area contributed by atoms with E-state index in [0.29, 0.717) is 0 Å². The summed E-state index contributed by atoms with van der Waals surface area (Å²) in [5.74, 6) is 1.06. The Balaban J connectivity index is 1.75. The van der Waals surface area contributed by atoms with Crippen molar-refractivity contribution in [2.45, 2.75) is 20.4 Å². The van der Waals surface area contributed by atoms with Crippen LogP contribution in [0.3, 0.4) is 0 Å². The largest absolute Gasteiger partial charge is 0.341 e. The topological polar surface area (TPSA) is 44.0 Å². The minimum Gasteiger partial charge on any atom is -0.341 e. The molecule has 2 heterocycles. The Bertz CT molecular complexity index is 582. The van der Waals surface area contributed by atoms with Gasteiger partial charge in [-0.25, -0.2) is 4.98 Å². The van der Waals surface area contributed by atoms with Gasteiger partial charge in [-0.05, 0) is 19.4 Å².